The summed E-state index contributed by atoms with van der Waals surface area (Å²) >= 11 is 0. The fourth-order valence-corrected chi connectivity index (χ4v) is 2.97. The van der Waals surface area contributed by atoms with Gasteiger partial charge in [0.1, 0.15) is 18.1 Å². The molecule has 0 aliphatic heterocycles. The normalized spacial score (nSPS) is 14.0. The van der Waals surface area contributed by atoms with Crippen LogP contribution in [0, 0.1) is 0 Å². The summed E-state index contributed by atoms with van der Waals surface area (Å²) in [5.74, 6) is -4.66. The average molecular weight is 518 g/mol. The van der Waals surface area contributed by atoms with Crippen molar-refractivity contribution in [2.24, 2.45) is 33.7 Å². The first kappa shape index (κ1) is 32.5. The Morgan fingerprint density at radius 3 is 1.89 bits per heavy atom. The Bertz CT molecular complexity index is 775. The van der Waals surface area contributed by atoms with Crippen LogP contribution in [0.4, 0.5) is 0 Å². The van der Waals surface area contributed by atoms with Crippen LogP contribution in [0.3, 0.4) is 0 Å². The number of nitrogens with one attached hydrogen (secondary N) is 3. The number of carbonyl (C=O) groups excluding carboxylic acids is 4. The lowest BCUT2D eigenvalue weighted by Crippen LogP contribution is -2.58. The van der Waals surface area contributed by atoms with Gasteiger partial charge in [-0.25, -0.2) is 4.79 Å². The van der Waals surface area contributed by atoms with Gasteiger partial charge in [0.25, 0.3) is 0 Å². The molecule has 4 amide bonds. The van der Waals surface area contributed by atoms with Crippen molar-refractivity contribution < 1.29 is 34.2 Å². The van der Waals surface area contributed by atoms with Crippen LogP contribution >= 0.6 is 0 Å². The number of hydrogen-bond donors (Lipinski definition) is 10. The minimum Gasteiger partial charge on any atom is -0.480 e. The van der Waals surface area contributed by atoms with Crippen LogP contribution in [-0.2, 0) is 24.0 Å². The van der Waals surface area contributed by atoms with Crippen molar-refractivity contribution >= 4 is 35.6 Å². The van der Waals surface area contributed by atoms with E-state index < -0.39 is 60.4 Å². The number of aliphatic imine (C=N–C) groups is 1. The number of hydrogen-bond acceptors (Lipinski definition) is 9. The summed E-state index contributed by atoms with van der Waals surface area (Å²) in [6.07, 6.45) is 1.29. The van der Waals surface area contributed by atoms with Crippen molar-refractivity contribution in [2.45, 2.75) is 69.1 Å². The third-order valence-electron chi connectivity index (χ3n) is 4.99. The van der Waals surface area contributed by atoms with Crippen molar-refractivity contribution in [2.75, 3.05) is 19.7 Å². The van der Waals surface area contributed by atoms with Gasteiger partial charge < -0.3 is 54.8 Å². The number of carboxylic acids is 1. The van der Waals surface area contributed by atoms with Crippen molar-refractivity contribution in [1.29, 1.82) is 0 Å². The SMILES string of the molecule is NCCCCC(NC(=O)C(N)CCCN=C(N)N)C(=O)NC(CO)C(=O)NC(CCC(N)=O)C(=O)O. The highest BCUT2D eigenvalue weighted by molar-refractivity contribution is 5.94. The third-order valence-corrected chi connectivity index (χ3v) is 4.99. The van der Waals surface area contributed by atoms with Crippen molar-refractivity contribution in [3.05, 3.63) is 0 Å². The van der Waals surface area contributed by atoms with Gasteiger partial charge in [0, 0.05) is 13.0 Å². The van der Waals surface area contributed by atoms with E-state index in [0.29, 0.717) is 25.8 Å². The molecule has 0 saturated carbocycles. The molecule has 0 aromatic carbocycles. The lowest BCUT2D eigenvalue weighted by molar-refractivity contribution is -0.143. The van der Waals surface area contributed by atoms with Gasteiger partial charge in [-0.15, -0.1) is 0 Å². The molecular weight excluding hydrogens is 478 g/mol. The first-order valence-corrected chi connectivity index (χ1v) is 11.5. The standard InChI is InChI=1S/C20H39N9O7/c21-8-2-1-5-12(27-16(32)11(22)4-3-9-26-20(24)25)17(33)29-14(10-30)18(34)28-13(19(35)36)6-7-15(23)31/h11-14,30H,1-10,21-22H2,(H2,23,31)(H,27,32)(H,28,34)(H,29,33)(H,35,36)(H4,24,25,26). The van der Waals surface area contributed by atoms with Crippen LogP contribution < -0.4 is 44.6 Å². The quantitative estimate of drug-likeness (QED) is 0.0440. The van der Waals surface area contributed by atoms with Crippen molar-refractivity contribution in [3.8, 4) is 0 Å². The van der Waals surface area contributed by atoms with Gasteiger partial charge >= 0.3 is 5.97 Å². The molecule has 0 fully saturated rings. The minimum absolute atomic E-state index is 0.0883. The van der Waals surface area contributed by atoms with Gasteiger partial charge in [-0.3, -0.25) is 24.2 Å². The number of aliphatic hydroxyl groups excluding tert-OH is 1. The lowest BCUT2D eigenvalue weighted by Gasteiger charge is -2.24. The van der Waals surface area contributed by atoms with Gasteiger partial charge in [0.15, 0.2) is 5.96 Å². The molecule has 0 spiro atoms. The summed E-state index contributed by atoms with van der Waals surface area (Å²) in [6.45, 7) is -0.225. The van der Waals surface area contributed by atoms with Crippen LogP contribution in [0.25, 0.3) is 0 Å². The molecule has 0 radical (unpaired) electrons. The van der Waals surface area contributed by atoms with Crippen LogP contribution in [0.5, 0.6) is 0 Å². The maximum atomic E-state index is 12.8. The highest BCUT2D eigenvalue weighted by atomic mass is 16.4. The number of carboxylic acid groups (broad SMARTS) is 1. The molecule has 4 unspecified atom stereocenters. The summed E-state index contributed by atoms with van der Waals surface area (Å²) in [4.78, 5) is 63.8. The number of nitrogens with zero attached hydrogens (tertiary/aromatic N) is 1. The predicted molar refractivity (Wildman–Crippen MR) is 130 cm³/mol. The van der Waals surface area contributed by atoms with Crippen LogP contribution in [0.1, 0.15) is 44.9 Å². The van der Waals surface area contributed by atoms with E-state index in [4.69, 9.17) is 28.7 Å². The fourth-order valence-electron chi connectivity index (χ4n) is 2.97. The second-order valence-electron chi connectivity index (χ2n) is 8.05. The number of aliphatic carboxylic acids is 1. The third kappa shape index (κ3) is 14.0. The maximum absolute atomic E-state index is 12.8. The second kappa shape index (κ2) is 17.9. The van der Waals surface area contributed by atoms with E-state index in [0.717, 1.165) is 0 Å². The van der Waals surface area contributed by atoms with Crippen molar-refractivity contribution in [3.63, 3.8) is 0 Å². The van der Waals surface area contributed by atoms with Gasteiger partial charge in [-0.2, -0.15) is 0 Å². The highest BCUT2D eigenvalue weighted by Crippen LogP contribution is 2.05. The maximum Gasteiger partial charge on any atom is 0.326 e. The van der Waals surface area contributed by atoms with Crippen LogP contribution in [-0.4, -0.2) is 89.6 Å². The van der Waals surface area contributed by atoms with Gasteiger partial charge in [-0.05, 0) is 45.1 Å². The molecule has 0 saturated heterocycles. The largest absolute Gasteiger partial charge is 0.480 e. The molecule has 206 valence electrons. The smallest absolute Gasteiger partial charge is 0.326 e. The highest BCUT2D eigenvalue weighted by Gasteiger charge is 2.30. The zero-order valence-corrected chi connectivity index (χ0v) is 20.2. The summed E-state index contributed by atoms with van der Waals surface area (Å²) in [5, 5.41) is 25.8. The van der Waals surface area contributed by atoms with Crippen molar-refractivity contribution in [1.82, 2.24) is 16.0 Å². The van der Waals surface area contributed by atoms with E-state index in [1.165, 1.54) is 0 Å². The Morgan fingerprint density at radius 1 is 0.778 bits per heavy atom. The molecular formula is C20H39N9O7. The number of primary amides is 1. The number of amides is 4. The zero-order valence-electron chi connectivity index (χ0n) is 20.2. The minimum atomic E-state index is -1.52. The number of unbranched alkanes of at least 4 members (excludes halogenated alkanes) is 1. The summed E-state index contributed by atoms with van der Waals surface area (Å²) in [6, 6.07) is -5.04. The fraction of sp³-hybridized carbons (Fsp3) is 0.700. The van der Waals surface area contributed by atoms with Gasteiger partial charge in [-0.1, -0.05) is 0 Å². The zero-order chi connectivity index (χ0) is 27.7. The average Bonchev–Trinajstić information content (AvgIpc) is 2.81. The Balaban J connectivity index is 5.20. The van der Waals surface area contributed by atoms with E-state index in [-0.39, 0.29) is 38.2 Å². The van der Waals surface area contributed by atoms with E-state index in [9.17, 15) is 34.2 Å². The molecule has 0 rings (SSSR count). The Hall–Kier alpha value is -3.50. The van der Waals surface area contributed by atoms with Gasteiger partial charge in [0.2, 0.25) is 23.6 Å². The number of nitrogens with two attached hydrogens (primary N) is 5. The molecule has 36 heavy (non-hydrogen) atoms. The first-order valence-electron chi connectivity index (χ1n) is 11.5. The van der Waals surface area contributed by atoms with Crippen LogP contribution in [0.2, 0.25) is 0 Å². The monoisotopic (exact) mass is 517 g/mol. The molecule has 16 heteroatoms. The molecule has 4 atom stereocenters. The predicted octanol–water partition coefficient (Wildman–Crippen LogP) is -4.71. The Kier molecular flexibility index (Phi) is 16.1. The van der Waals surface area contributed by atoms with Crippen LogP contribution in [0.15, 0.2) is 4.99 Å². The number of rotatable bonds is 19. The molecule has 0 aliphatic rings. The Labute approximate surface area is 208 Å². The van der Waals surface area contributed by atoms with E-state index >= 15 is 0 Å². The Morgan fingerprint density at radius 2 is 1.36 bits per heavy atom. The molecule has 16 nitrogen and oxygen atoms in total. The summed E-state index contributed by atoms with van der Waals surface area (Å²) in [7, 11) is 0. The molecule has 0 heterocycles. The second-order valence-corrected chi connectivity index (χ2v) is 8.05. The molecule has 0 aliphatic carbocycles. The summed E-state index contributed by atoms with van der Waals surface area (Å²) < 4.78 is 0. The lowest BCUT2D eigenvalue weighted by atomic mass is 10.1. The number of guanidine groups is 1. The molecule has 0 aromatic rings. The number of aliphatic hydroxyl groups is 1. The van der Waals surface area contributed by atoms with Gasteiger partial charge in [0.05, 0.1) is 12.6 Å². The van der Waals surface area contributed by atoms with E-state index in [1.54, 1.807) is 0 Å². The molecule has 0 bridgehead atoms. The van der Waals surface area contributed by atoms with E-state index in [1.807, 2.05) is 0 Å². The molecule has 0 aromatic heterocycles. The first-order chi connectivity index (χ1) is 16.9. The van der Waals surface area contributed by atoms with E-state index in [2.05, 4.69) is 20.9 Å². The molecule has 15 N–H and O–H groups in total. The summed E-state index contributed by atoms with van der Waals surface area (Å²) in [5.41, 5.74) is 26.8. The number of carbonyl (C=O) groups is 5. The topological polar surface area (TPSA) is 304 Å².